The molecule has 0 radical (unpaired) electrons. The average Bonchev–Trinajstić information content (AvgIpc) is 3.32. The Balaban J connectivity index is 1.56. The van der Waals surface area contributed by atoms with Crippen LogP contribution in [0.15, 0.2) is 35.3 Å². The number of unbranched alkanes of at least 4 members (excludes halogenated alkanes) is 1. The average molecular weight is 367 g/mol. The fourth-order valence-electron chi connectivity index (χ4n) is 3.42. The molecule has 0 unspecified atom stereocenters. The van der Waals surface area contributed by atoms with Gasteiger partial charge in [-0.1, -0.05) is 25.5 Å². The molecule has 0 saturated carbocycles. The number of fused-ring (bicyclic) bond motifs is 1. The molecule has 1 N–H and O–H groups in total. The van der Waals surface area contributed by atoms with E-state index in [9.17, 15) is 4.79 Å². The highest BCUT2D eigenvalue weighted by Crippen LogP contribution is 2.21. The van der Waals surface area contributed by atoms with Crippen LogP contribution in [-0.4, -0.2) is 39.2 Å². The monoisotopic (exact) mass is 367 g/mol. The van der Waals surface area contributed by atoms with Gasteiger partial charge in [-0.05, 0) is 37.0 Å². The predicted molar refractivity (Wildman–Crippen MR) is 106 cm³/mol. The Bertz CT molecular complexity index is 955. The number of aromatic amines is 1. The van der Waals surface area contributed by atoms with Crippen molar-refractivity contribution in [2.24, 2.45) is 0 Å². The lowest BCUT2D eigenvalue weighted by atomic mass is 10.2. The molecule has 1 aliphatic rings. The second-order valence-electron chi connectivity index (χ2n) is 6.97. The maximum Gasteiger partial charge on any atom is 0.328 e. The van der Waals surface area contributed by atoms with Crippen molar-refractivity contribution in [2.45, 2.75) is 39.2 Å². The number of nitrogens with zero attached hydrogens (tertiary/aromatic N) is 4. The van der Waals surface area contributed by atoms with Gasteiger partial charge in [-0.25, -0.2) is 9.78 Å². The second kappa shape index (κ2) is 7.82. The van der Waals surface area contributed by atoms with Gasteiger partial charge in [0.2, 0.25) is 0 Å². The first-order chi connectivity index (χ1) is 13.2. The first-order valence-corrected chi connectivity index (χ1v) is 9.67. The van der Waals surface area contributed by atoms with E-state index in [0.717, 1.165) is 31.5 Å². The van der Waals surface area contributed by atoms with E-state index >= 15 is 0 Å². The first kappa shape index (κ1) is 17.6. The van der Waals surface area contributed by atoms with E-state index in [0.29, 0.717) is 30.3 Å². The summed E-state index contributed by atoms with van der Waals surface area (Å²) in [6, 6.07) is 8.74. The van der Waals surface area contributed by atoms with E-state index in [2.05, 4.69) is 51.0 Å². The van der Waals surface area contributed by atoms with E-state index in [1.807, 2.05) is 0 Å². The van der Waals surface area contributed by atoms with Crippen LogP contribution in [0.25, 0.3) is 11.2 Å². The van der Waals surface area contributed by atoms with Gasteiger partial charge >= 0.3 is 11.7 Å². The minimum Gasteiger partial charge on any atom is -0.463 e. The number of hydrogen-bond donors (Lipinski definition) is 1. The molecule has 1 aromatic carbocycles. The maximum absolute atomic E-state index is 12.4. The van der Waals surface area contributed by atoms with Crippen molar-refractivity contribution in [3.05, 3.63) is 46.5 Å². The zero-order valence-electron chi connectivity index (χ0n) is 15.6. The third-order valence-electron chi connectivity index (χ3n) is 4.97. The fourth-order valence-corrected chi connectivity index (χ4v) is 3.42. The highest BCUT2D eigenvalue weighted by Gasteiger charge is 2.13. The number of rotatable bonds is 7. The number of aromatic nitrogens is 4. The molecule has 2 aromatic heterocycles. The van der Waals surface area contributed by atoms with E-state index < -0.39 is 0 Å². The molecular weight excluding hydrogens is 342 g/mol. The molecule has 27 heavy (non-hydrogen) atoms. The Hall–Kier alpha value is -2.83. The maximum atomic E-state index is 12.4. The standard InChI is InChI=1S/C20H25N5O2/c1-2-3-12-27-19-21-13-17-18(23-19)25(20(26)22-17)14-15-6-8-16(9-7-15)24-10-4-5-11-24/h6-9,13H,2-5,10-12,14H2,1H3,(H,22,26). The lowest BCUT2D eigenvalue weighted by molar-refractivity contribution is 0.286. The third kappa shape index (κ3) is 3.82. The van der Waals surface area contributed by atoms with Crippen LogP contribution in [0.3, 0.4) is 0 Å². The molecule has 7 nitrogen and oxygen atoms in total. The molecule has 0 aliphatic carbocycles. The summed E-state index contributed by atoms with van der Waals surface area (Å²) < 4.78 is 7.22. The number of anilines is 1. The minimum atomic E-state index is -0.186. The van der Waals surface area contributed by atoms with Crippen LogP contribution in [-0.2, 0) is 6.54 Å². The zero-order chi connectivity index (χ0) is 18.6. The topological polar surface area (TPSA) is 76.0 Å². The van der Waals surface area contributed by atoms with Gasteiger partial charge in [0.25, 0.3) is 0 Å². The summed E-state index contributed by atoms with van der Waals surface area (Å²) in [7, 11) is 0. The third-order valence-corrected chi connectivity index (χ3v) is 4.97. The summed E-state index contributed by atoms with van der Waals surface area (Å²) in [5, 5.41) is 0. The molecule has 142 valence electrons. The summed E-state index contributed by atoms with van der Waals surface area (Å²) in [5.74, 6) is 0. The number of ether oxygens (including phenoxy) is 1. The highest BCUT2D eigenvalue weighted by molar-refractivity contribution is 5.69. The van der Waals surface area contributed by atoms with Crippen LogP contribution in [0.5, 0.6) is 6.01 Å². The van der Waals surface area contributed by atoms with Crippen LogP contribution in [0, 0.1) is 0 Å². The number of benzene rings is 1. The van der Waals surface area contributed by atoms with Gasteiger partial charge < -0.3 is 14.6 Å². The SMILES string of the molecule is CCCCOc1ncc2[nH]c(=O)n(Cc3ccc(N4CCCC4)cc3)c2n1. The highest BCUT2D eigenvalue weighted by atomic mass is 16.5. The van der Waals surface area contributed by atoms with Crippen molar-refractivity contribution in [1.29, 1.82) is 0 Å². The van der Waals surface area contributed by atoms with Gasteiger partial charge in [-0.2, -0.15) is 4.98 Å². The Labute approximate surface area is 158 Å². The van der Waals surface area contributed by atoms with Gasteiger partial charge in [0.1, 0.15) is 5.52 Å². The normalized spacial score (nSPS) is 14.2. The van der Waals surface area contributed by atoms with E-state index in [4.69, 9.17) is 4.74 Å². The van der Waals surface area contributed by atoms with Crippen LogP contribution >= 0.6 is 0 Å². The van der Waals surface area contributed by atoms with E-state index in [-0.39, 0.29) is 5.69 Å². The largest absolute Gasteiger partial charge is 0.463 e. The molecule has 0 amide bonds. The smallest absolute Gasteiger partial charge is 0.328 e. The Morgan fingerprint density at radius 2 is 1.96 bits per heavy atom. The molecular formula is C20H25N5O2. The fraction of sp³-hybridized carbons (Fsp3) is 0.450. The Morgan fingerprint density at radius 3 is 2.70 bits per heavy atom. The lowest BCUT2D eigenvalue weighted by Crippen LogP contribution is -2.19. The van der Waals surface area contributed by atoms with E-state index in [1.54, 1.807) is 10.8 Å². The molecule has 1 aliphatic heterocycles. The van der Waals surface area contributed by atoms with Gasteiger partial charge in [0.05, 0.1) is 19.3 Å². The van der Waals surface area contributed by atoms with Crippen LogP contribution < -0.4 is 15.3 Å². The summed E-state index contributed by atoms with van der Waals surface area (Å²) in [6.45, 7) is 5.39. The van der Waals surface area contributed by atoms with Crippen molar-refractivity contribution < 1.29 is 4.74 Å². The van der Waals surface area contributed by atoms with Crippen LogP contribution in [0.1, 0.15) is 38.2 Å². The van der Waals surface area contributed by atoms with E-state index in [1.165, 1.54) is 18.5 Å². The van der Waals surface area contributed by atoms with Crippen LogP contribution in [0.2, 0.25) is 0 Å². The minimum absolute atomic E-state index is 0.186. The summed E-state index contributed by atoms with van der Waals surface area (Å²) in [6.07, 6.45) is 6.12. The summed E-state index contributed by atoms with van der Waals surface area (Å²) in [4.78, 5) is 26.2. The van der Waals surface area contributed by atoms with Crippen molar-refractivity contribution in [3.8, 4) is 6.01 Å². The zero-order valence-corrected chi connectivity index (χ0v) is 15.6. The van der Waals surface area contributed by atoms with Gasteiger partial charge in [0.15, 0.2) is 5.65 Å². The Kier molecular flexibility index (Phi) is 5.09. The van der Waals surface area contributed by atoms with Gasteiger partial charge in [-0.15, -0.1) is 0 Å². The lowest BCUT2D eigenvalue weighted by Gasteiger charge is -2.17. The number of nitrogens with one attached hydrogen (secondary N) is 1. The molecule has 1 saturated heterocycles. The van der Waals surface area contributed by atoms with Crippen molar-refractivity contribution in [1.82, 2.24) is 19.5 Å². The molecule has 3 aromatic rings. The quantitative estimate of drug-likeness (QED) is 0.650. The van der Waals surface area contributed by atoms with Crippen molar-refractivity contribution in [3.63, 3.8) is 0 Å². The second-order valence-corrected chi connectivity index (χ2v) is 6.97. The van der Waals surface area contributed by atoms with Crippen molar-refractivity contribution >= 4 is 16.9 Å². The predicted octanol–water partition coefficient (Wildman–Crippen LogP) is 2.95. The molecule has 7 heteroatoms. The molecule has 3 heterocycles. The molecule has 1 fully saturated rings. The van der Waals surface area contributed by atoms with Gasteiger partial charge in [-0.3, -0.25) is 4.57 Å². The summed E-state index contributed by atoms with van der Waals surface area (Å²) in [5.41, 5.74) is 3.32. The van der Waals surface area contributed by atoms with Gasteiger partial charge in [0, 0.05) is 18.8 Å². The molecule has 0 atom stereocenters. The molecule has 4 rings (SSSR count). The van der Waals surface area contributed by atoms with Crippen LogP contribution in [0.4, 0.5) is 5.69 Å². The van der Waals surface area contributed by atoms with Crippen molar-refractivity contribution in [2.75, 3.05) is 24.6 Å². The molecule has 0 spiro atoms. The first-order valence-electron chi connectivity index (χ1n) is 9.67. The Morgan fingerprint density at radius 1 is 1.19 bits per heavy atom. The molecule has 0 bridgehead atoms. The number of imidazole rings is 1. The number of H-pyrrole nitrogens is 1. The summed E-state index contributed by atoms with van der Waals surface area (Å²) >= 11 is 0. The number of hydrogen-bond acceptors (Lipinski definition) is 5.